The smallest absolute Gasteiger partial charge is 0.409 e. The number of piperazine rings is 1. The molecule has 2 fully saturated rings. The highest BCUT2D eigenvalue weighted by Gasteiger charge is 2.29. The van der Waals surface area contributed by atoms with E-state index in [1.165, 1.54) is 16.4 Å². The van der Waals surface area contributed by atoms with Crippen molar-refractivity contribution < 1.29 is 22.7 Å². The van der Waals surface area contributed by atoms with Gasteiger partial charge in [0.05, 0.1) is 11.5 Å². The standard InChI is InChI=1S/C20H30N4O5S/c1-3-29-20(26)23-10-8-16(9-11-23)19(25)21-17-4-6-18(7-5-17)30(27,28)24-14-12-22(2)13-15-24/h4-7,16H,3,8-15H2,1-2H3,(H,21,25). The predicted molar refractivity (Wildman–Crippen MR) is 113 cm³/mol. The predicted octanol–water partition coefficient (Wildman–Crippen LogP) is 1.43. The number of ether oxygens (including phenoxy) is 1. The van der Waals surface area contributed by atoms with E-state index < -0.39 is 10.0 Å². The summed E-state index contributed by atoms with van der Waals surface area (Å²) in [6.45, 7) is 5.44. The zero-order valence-electron chi connectivity index (χ0n) is 17.5. The van der Waals surface area contributed by atoms with Gasteiger partial charge in [-0.2, -0.15) is 4.31 Å². The lowest BCUT2D eigenvalue weighted by molar-refractivity contribution is -0.121. The van der Waals surface area contributed by atoms with Crippen molar-refractivity contribution in [2.24, 2.45) is 5.92 Å². The Morgan fingerprint density at radius 3 is 2.20 bits per heavy atom. The lowest BCUT2D eigenvalue weighted by atomic mass is 9.96. The second-order valence-electron chi connectivity index (χ2n) is 7.68. The van der Waals surface area contributed by atoms with Crippen LogP contribution in [0.3, 0.4) is 0 Å². The molecule has 2 aliphatic heterocycles. The quantitative estimate of drug-likeness (QED) is 0.747. The van der Waals surface area contributed by atoms with E-state index in [4.69, 9.17) is 4.74 Å². The number of carbonyl (C=O) groups is 2. The number of likely N-dealkylation sites (N-methyl/N-ethyl adjacent to an activating group) is 1. The van der Waals surface area contributed by atoms with Gasteiger partial charge in [0.25, 0.3) is 0 Å². The van der Waals surface area contributed by atoms with E-state index >= 15 is 0 Å². The Hall–Kier alpha value is -2.17. The molecular formula is C20H30N4O5S. The minimum absolute atomic E-state index is 0.117. The third-order valence-electron chi connectivity index (χ3n) is 5.61. The van der Waals surface area contributed by atoms with E-state index in [1.54, 1.807) is 24.0 Å². The molecule has 0 spiro atoms. The van der Waals surface area contributed by atoms with E-state index in [1.807, 2.05) is 7.05 Å². The van der Waals surface area contributed by atoms with Crippen molar-refractivity contribution in [3.63, 3.8) is 0 Å². The maximum Gasteiger partial charge on any atom is 0.409 e. The lowest BCUT2D eigenvalue weighted by Gasteiger charge is -2.31. The molecule has 2 amide bonds. The number of likely N-dealkylation sites (tertiary alicyclic amines) is 1. The van der Waals surface area contributed by atoms with Gasteiger partial charge in [0.15, 0.2) is 0 Å². The fourth-order valence-corrected chi connectivity index (χ4v) is 5.09. The second kappa shape index (κ2) is 9.76. The van der Waals surface area contributed by atoms with Gasteiger partial charge in [-0.05, 0) is 51.1 Å². The van der Waals surface area contributed by atoms with Crippen molar-refractivity contribution in [2.75, 3.05) is 58.2 Å². The summed E-state index contributed by atoms with van der Waals surface area (Å²) >= 11 is 0. The summed E-state index contributed by atoms with van der Waals surface area (Å²) in [5.41, 5.74) is 0.560. The molecule has 0 radical (unpaired) electrons. The molecule has 2 heterocycles. The Morgan fingerprint density at radius 2 is 1.63 bits per heavy atom. The molecule has 2 saturated heterocycles. The molecule has 0 atom stereocenters. The van der Waals surface area contributed by atoms with Gasteiger partial charge in [0, 0.05) is 50.9 Å². The summed E-state index contributed by atoms with van der Waals surface area (Å²) in [6, 6.07) is 6.31. The Morgan fingerprint density at radius 1 is 1.03 bits per heavy atom. The number of hydrogen-bond donors (Lipinski definition) is 1. The van der Waals surface area contributed by atoms with Gasteiger partial charge in [-0.15, -0.1) is 0 Å². The van der Waals surface area contributed by atoms with E-state index in [2.05, 4.69) is 10.2 Å². The summed E-state index contributed by atoms with van der Waals surface area (Å²) in [5.74, 6) is -0.308. The summed E-state index contributed by atoms with van der Waals surface area (Å²) in [4.78, 5) is 28.3. The first-order valence-electron chi connectivity index (χ1n) is 10.3. The van der Waals surface area contributed by atoms with Gasteiger partial charge >= 0.3 is 6.09 Å². The first-order chi connectivity index (χ1) is 14.3. The first-order valence-corrected chi connectivity index (χ1v) is 11.8. The molecule has 1 N–H and O–H groups in total. The van der Waals surface area contributed by atoms with Gasteiger partial charge in [0.1, 0.15) is 0 Å². The van der Waals surface area contributed by atoms with E-state index in [0.717, 1.165) is 0 Å². The molecule has 0 saturated carbocycles. The van der Waals surface area contributed by atoms with Crippen LogP contribution in [0.1, 0.15) is 19.8 Å². The SMILES string of the molecule is CCOC(=O)N1CCC(C(=O)Nc2ccc(S(=O)(=O)N3CCN(C)CC3)cc2)CC1. The van der Waals surface area contributed by atoms with Crippen LogP contribution in [0.15, 0.2) is 29.2 Å². The number of carbonyl (C=O) groups excluding carboxylic acids is 2. The monoisotopic (exact) mass is 438 g/mol. The van der Waals surface area contributed by atoms with Crippen LogP contribution in [0.25, 0.3) is 0 Å². The van der Waals surface area contributed by atoms with Crippen LogP contribution in [0.4, 0.5) is 10.5 Å². The molecular weight excluding hydrogens is 408 g/mol. The number of anilines is 1. The van der Waals surface area contributed by atoms with Crippen molar-refractivity contribution in [1.29, 1.82) is 0 Å². The van der Waals surface area contributed by atoms with Crippen molar-refractivity contribution >= 4 is 27.7 Å². The largest absolute Gasteiger partial charge is 0.450 e. The molecule has 9 nitrogen and oxygen atoms in total. The number of amides is 2. The lowest BCUT2D eigenvalue weighted by Crippen LogP contribution is -2.46. The Kier molecular flexibility index (Phi) is 7.32. The molecule has 1 aromatic carbocycles. The number of rotatable bonds is 5. The molecule has 1 aromatic rings. The third-order valence-corrected chi connectivity index (χ3v) is 7.53. The first kappa shape index (κ1) is 22.5. The van der Waals surface area contributed by atoms with Crippen molar-refractivity contribution in [3.05, 3.63) is 24.3 Å². The fraction of sp³-hybridized carbons (Fsp3) is 0.600. The maximum atomic E-state index is 12.8. The average molecular weight is 439 g/mol. The van der Waals surface area contributed by atoms with Crippen LogP contribution in [0.2, 0.25) is 0 Å². The maximum absolute atomic E-state index is 12.8. The molecule has 3 rings (SSSR count). The number of nitrogens with one attached hydrogen (secondary N) is 1. The van der Waals surface area contributed by atoms with Crippen LogP contribution < -0.4 is 5.32 Å². The van der Waals surface area contributed by atoms with Crippen molar-refractivity contribution in [1.82, 2.24) is 14.1 Å². The van der Waals surface area contributed by atoms with Gasteiger partial charge in [-0.25, -0.2) is 13.2 Å². The molecule has 166 valence electrons. The van der Waals surface area contributed by atoms with Crippen LogP contribution >= 0.6 is 0 Å². The molecule has 0 aliphatic carbocycles. The number of piperidine rings is 1. The number of benzene rings is 1. The fourth-order valence-electron chi connectivity index (χ4n) is 3.67. The topological polar surface area (TPSA) is 99.3 Å². The summed E-state index contributed by atoms with van der Waals surface area (Å²) in [6.07, 6.45) is 0.801. The Balaban J connectivity index is 1.54. The van der Waals surface area contributed by atoms with Gasteiger partial charge in [-0.3, -0.25) is 4.79 Å². The summed E-state index contributed by atoms with van der Waals surface area (Å²) in [5, 5.41) is 2.86. The normalized spacial score (nSPS) is 19.5. The molecule has 0 bridgehead atoms. The highest BCUT2D eigenvalue weighted by atomic mass is 32.2. The number of sulfonamides is 1. The van der Waals surface area contributed by atoms with Gasteiger partial charge in [0.2, 0.25) is 15.9 Å². The summed E-state index contributed by atoms with van der Waals surface area (Å²) in [7, 11) is -1.55. The highest BCUT2D eigenvalue weighted by molar-refractivity contribution is 7.89. The summed E-state index contributed by atoms with van der Waals surface area (Å²) < 4.78 is 32.1. The highest BCUT2D eigenvalue weighted by Crippen LogP contribution is 2.22. The Labute approximate surface area is 178 Å². The molecule has 10 heteroatoms. The molecule has 0 unspecified atom stereocenters. The third kappa shape index (κ3) is 5.30. The molecule has 0 aromatic heterocycles. The number of nitrogens with zero attached hydrogens (tertiary/aromatic N) is 3. The van der Waals surface area contributed by atoms with Crippen LogP contribution in [0.5, 0.6) is 0 Å². The van der Waals surface area contributed by atoms with Crippen molar-refractivity contribution in [2.45, 2.75) is 24.7 Å². The Bertz CT molecular complexity index is 842. The minimum Gasteiger partial charge on any atom is -0.450 e. The van der Waals surface area contributed by atoms with Crippen molar-refractivity contribution in [3.8, 4) is 0 Å². The van der Waals surface area contributed by atoms with Crippen LogP contribution in [0, 0.1) is 5.92 Å². The van der Waals surface area contributed by atoms with Crippen LogP contribution in [-0.4, -0.2) is 87.4 Å². The zero-order valence-corrected chi connectivity index (χ0v) is 18.4. The second-order valence-corrected chi connectivity index (χ2v) is 9.62. The molecule has 30 heavy (non-hydrogen) atoms. The zero-order chi connectivity index (χ0) is 21.7. The minimum atomic E-state index is -3.53. The number of hydrogen-bond acceptors (Lipinski definition) is 6. The van der Waals surface area contributed by atoms with E-state index in [-0.39, 0.29) is 22.8 Å². The van der Waals surface area contributed by atoms with Crippen LogP contribution in [-0.2, 0) is 19.6 Å². The van der Waals surface area contributed by atoms with Gasteiger partial charge < -0.3 is 19.9 Å². The molecule has 2 aliphatic rings. The van der Waals surface area contributed by atoms with E-state index in [9.17, 15) is 18.0 Å². The average Bonchev–Trinajstić information content (AvgIpc) is 2.75. The van der Waals surface area contributed by atoms with Gasteiger partial charge in [-0.1, -0.05) is 0 Å². The van der Waals surface area contributed by atoms with E-state index in [0.29, 0.717) is 64.4 Å².